The maximum atomic E-state index is 12.7. The normalized spacial score (nSPS) is 10.2. The van der Waals surface area contributed by atoms with Crippen LogP contribution in [0.25, 0.3) is 0 Å². The number of aldehydes is 1. The Morgan fingerprint density at radius 1 is 1.11 bits per heavy atom. The summed E-state index contributed by atoms with van der Waals surface area (Å²) >= 11 is 0. The van der Waals surface area contributed by atoms with Gasteiger partial charge in [0.25, 0.3) is 0 Å². The zero-order valence-corrected chi connectivity index (χ0v) is 11.0. The molecule has 0 aliphatic carbocycles. The van der Waals surface area contributed by atoms with E-state index >= 15 is 0 Å². The lowest BCUT2D eigenvalue weighted by Gasteiger charge is -2.05. The molecule has 1 aromatic rings. The Labute approximate surface area is 113 Å². The van der Waals surface area contributed by atoms with Gasteiger partial charge in [-0.15, -0.1) is 0 Å². The number of benzene rings is 1. The topological polar surface area (TPSA) is 46.2 Å². The van der Waals surface area contributed by atoms with Crippen LogP contribution >= 0.6 is 0 Å². The Bertz CT molecular complexity index is 390. The average molecular weight is 265 g/mol. The second-order valence-corrected chi connectivity index (χ2v) is 4.52. The molecule has 1 aromatic carbocycles. The fourth-order valence-corrected chi connectivity index (χ4v) is 1.76. The van der Waals surface area contributed by atoms with Gasteiger partial charge in [0.1, 0.15) is 12.1 Å². The van der Waals surface area contributed by atoms with Gasteiger partial charge in [0.2, 0.25) is 5.91 Å². The van der Waals surface area contributed by atoms with E-state index in [1.165, 1.54) is 12.1 Å². The summed E-state index contributed by atoms with van der Waals surface area (Å²) in [5.41, 5.74) is 0.890. The molecule has 1 rings (SSSR count). The largest absolute Gasteiger partial charge is 0.352 e. The van der Waals surface area contributed by atoms with Crippen molar-refractivity contribution in [2.24, 2.45) is 0 Å². The molecule has 0 aliphatic rings. The van der Waals surface area contributed by atoms with E-state index in [4.69, 9.17) is 0 Å². The Balaban J connectivity index is 2.07. The van der Waals surface area contributed by atoms with E-state index in [0.717, 1.165) is 37.5 Å². The van der Waals surface area contributed by atoms with Crippen LogP contribution in [0.4, 0.5) is 4.39 Å². The van der Waals surface area contributed by atoms with Crippen LogP contribution in [0, 0.1) is 5.82 Å². The molecule has 0 bridgehead atoms. The van der Waals surface area contributed by atoms with Gasteiger partial charge in [-0.3, -0.25) is 4.79 Å². The van der Waals surface area contributed by atoms with Gasteiger partial charge in [0.15, 0.2) is 0 Å². The second kappa shape index (κ2) is 9.25. The van der Waals surface area contributed by atoms with E-state index in [1.807, 2.05) is 0 Å². The third kappa shape index (κ3) is 7.34. The van der Waals surface area contributed by atoms with Gasteiger partial charge in [0.05, 0.1) is 0 Å². The summed E-state index contributed by atoms with van der Waals surface area (Å²) in [6.07, 6.45) is 5.74. The van der Waals surface area contributed by atoms with Crippen LogP contribution in [-0.2, 0) is 16.1 Å². The number of hydrogen-bond acceptors (Lipinski definition) is 2. The summed E-state index contributed by atoms with van der Waals surface area (Å²) in [5, 5.41) is 2.80. The zero-order valence-electron chi connectivity index (χ0n) is 11.0. The Morgan fingerprint density at radius 2 is 1.79 bits per heavy atom. The van der Waals surface area contributed by atoms with Crippen molar-refractivity contribution in [1.82, 2.24) is 5.32 Å². The highest BCUT2D eigenvalue weighted by Gasteiger charge is 2.01. The molecule has 1 N–H and O–H groups in total. The van der Waals surface area contributed by atoms with Gasteiger partial charge in [0, 0.05) is 19.4 Å². The molecule has 0 spiro atoms. The molecule has 0 unspecified atom stereocenters. The molecule has 0 saturated carbocycles. The van der Waals surface area contributed by atoms with Crippen LogP contribution < -0.4 is 5.32 Å². The molecule has 19 heavy (non-hydrogen) atoms. The fraction of sp³-hybridized carbons (Fsp3) is 0.467. The van der Waals surface area contributed by atoms with Gasteiger partial charge in [-0.1, -0.05) is 25.0 Å². The highest BCUT2D eigenvalue weighted by Crippen LogP contribution is 2.05. The van der Waals surface area contributed by atoms with Crippen molar-refractivity contribution in [3.05, 3.63) is 35.6 Å². The van der Waals surface area contributed by atoms with Crippen molar-refractivity contribution in [3.63, 3.8) is 0 Å². The monoisotopic (exact) mass is 265 g/mol. The summed E-state index contributed by atoms with van der Waals surface area (Å²) in [6, 6.07) is 6.09. The van der Waals surface area contributed by atoms with Crippen LogP contribution in [0.1, 0.15) is 44.1 Å². The molecule has 0 fully saturated rings. The highest BCUT2D eigenvalue weighted by molar-refractivity contribution is 5.75. The molecular formula is C15H20FNO2. The molecule has 0 heterocycles. The maximum absolute atomic E-state index is 12.7. The van der Waals surface area contributed by atoms with Gasteiger partial charge in [-0.05, 0) is 30.5 Å². The summed E-state index contributed by atoms with van der Waals surface area (Å²) in [4.78, 5) is 21.6. The number of hydrogen-bond donors (Lipinski definition) is 1. The number of unbranched alkanes of at least 4 members (excludes halogenated alkanes) is 4. The molecular weight excluding hydrogens is 245 g/mol. The molecule has 3 nitrogen and oxygen atoms in total. The lowest BCUT2D eigenvalue weighted by atomic mass is 10.1. The molecule has 0 atom stereocenters. The van der Waals surface area contributed by atoms with Crippen molar-refractivity contribution < 1.29 is 14.0 Å². The SMILES string of the molecule is O=CCCCCCCC(=O)NCc1ccc(F)cc1. The van der Waals surface area contributed by atoms with Crippen LogP contribution in [0.3, 0.4) is 0 Å². The molecule has 104 valence electrons. The van der Waals surface area contributed by atoms with Crippen LogP contribution in [0.2, 0.25) is 0 Å². The van der Waals surface area contributed by atoms with E-state index in [-0.39, 0.29) is 11.7 Å². The van der Waals surface area contributed by atoms with E-state index in [0.29, 0.717) is 19.4 Å². The summed E-state index contributed by atoms with van der Waals surface area (Å²) in [5.74, 6) is -0.259. The number of carbonyl (C=O) groups is 2. The van der Waals surface area contributed by atoms with E-state index in [2.05, 4.69) is 5.32 Å². The van der Waals surface area contributed by atoms with Gasteiger partial charge in [-0.2, -0.15) is 0 Å². The average Bonchev–Trinajstić information content (AvgIpc) is 2.42. The lowest BCUT2D eigenvalue weighted by molar-refractivity contribution is -0.121. The smallest absolute Gasteiger partial charge is 0.220 e. The summed E-state index contributed by atoms with van der Waals surface area (Å²) in [7, 11) is 0. The van der Waals surface area contributed by atoms with Crippen LogP contribution in [0.15, 0.2) is 24.3 Å². The molecule has 0 aromatic heterocycles. The predicted molar refractivity (Wildman–Crippen MR) is 72.0 cm³/mol. The van der Waals surface area contributed by atoms with E-state index in [1.54, 1.807) is 12.1 Å². The quantitative estimate of drug-likeness (QED) is 0.551. The fourth-order valence-electron chi connectivity index (χ4n) is 1.76. The van der Waals surface area contributed by atoms with Gasteiger partial charge in [-0.25, -0.2) is 4.39 Å². The minimum absolute atomic E-state index is 0.0136. The lowest BCUT2D eigenvalue weighted by Crippen LogP contribution is -2.22. The molecule has 0 saturated heterocycles. The number of carbonyl (C=O) groups excluding carboxylic acids is 2. The van der Waals surface area contributed by atoms with Gasteiger partial charge < -0.3 is 10.1 Å². The van der Waals surface area contributed by atoms with Crippen LogP contribution in [0.5, 0.6) is 0 Å². The number of rotatable bonds is 9. The van der Waals surface area contributed by atoms with Crippen LogP contribution in [-0.4, -0.2) is 12.2 Å². The van der Waals surface area contributed by atoms with Gasteiger partial charge >= 0.3 is 0 Å². The predicted octanol–water partition coefficient (Wildman–Crippen LogP) is 2.98. The Hall–Kier alpha value is -1.71. The van der Waals surface area contributed by atoms with Crippen molar-refractivity contribution >= 4 is 12.2 Å². The molecule has 0 radical (unpaired) electrons. The summed E-state index contributed by atoms with van der Waals surface area (Å²) < 4.78 is 12.7. The zero-order chi connectivity index (χ0) is 13.9. The van der Waals surface area contributed by atoms with Crippen molar-refractivity contribution in [3.8, 4) is 0 Å². The van der Waals surface area contributed by atoms with E-state index in [9.17, 15) is 14.0 Å². The first kappa shape index (κ1) is 15.3. The second-order valence-electron chi connectivity index (χ2n) is 4.52. The molecule has 4 heteroatoms. The number of halogens is 1. The molecule has 1 amide bonds. The maximum Gasteiger partial charge on any atom is 0.220 e. The number of nitrogens with one attached hydrogen (secondary N) is 1. The standard InChI is InChI=1S/C15H20FNO2/c16-14-9-7-13(8-10-14)12-17-15(19)6-4-2-1-3-5-11-18/h7-11H,1-6,12H2,(H,17,19). The van der Waals surface area contributed by atoms with Crippen molar-refractivity contribution in [2.75, 3.05) is 0 Å². The first-order chi connectivity index (χ1) is 9.22. The highest BCUT2D eigenvalue weighted by atomic mass is 19.1. The minimum Gasteiger partial charge on any atom is -0.352 e. The Morgan fingerprint density at radius 3 is 2.47 bits per heavy atom. The third-order valence-corrected chi connectivity index (χ3v) is 2.88. The number of amides is 1. The minimum atomic E-state index is -0.273. The third-order valence-electron chi connectivity index (χ3n) is 2.88. The Kier molecular flexibility index (Phi) is 7.47. The summed E-state index contributed by atoms with van der Waals surface area (Å²) in [6.45, 7) is 0.435. The first-order valence-corrected chi connectivity index (χ1v) is 6.67. The first-order valence-electron chi connectivity index (χ1n) is 6.67. The molecule has 0 aliphatic heterocycles. The van der Waals surface area contributed by atoms with Crippen molar-refractivity contribution in [2.45, 2.75) is 45.1 Å². The van der Waals surface area contributed by atoms with E-state index < -0.39 is 0 Å². The van der Waals surface area contributed by atoms with Crippen molar-refractivity contribution in [1.29, 1.82) is 0 Å².